The highest BCUT2D eigenvalue weighted by atomic mass is 79.9. The normalized spacial score (nSPS) is 10.7. The van der Waals surface area contributed by atoms with E-state index in [-0.39, 0.29) is 5.91 Å². The number of carbonyl (C=O) groups is 1. The minimum absolute atomic E-state index is 0.0498. The second-order valence-corrected chi connectivity index (χ2v) is 6.08. The van der Waals surface area contributed by atoms with E-state index in [0.717, 1.165) is 29.8 Å². The van der Waals surface area contributed by atoms with Gasteiger partial charge in [0.2, 0.25) is 5.91 Å². The summed E-state index contributed by atoms with van der Waals surface area (Å²) in [5.74, 6) is 0.0498. The van der Waals surface area contributed by atoms with Crippen LogP contribution < -0.4 is 5.32 Å². The van der Waals surface area contributed by atoms with Crippen molar-refractivity contribution in [3.8, 4) is 0 Å². The predicted molar refractivity (Wildman–Crippen MR) is 94.8 cm³/mol. The van der Waals surface area contributed by atoms with Gasteiger partial charge in [0.25, 0.3) is 0 Å². The van der Waals surface area contributed by atoms with Gasteiger partial charge in [-0.1, -0.05) is 53.2 Å². The number of nitrogens with zero attached hydrogens (tertiary/aromatic N) is 1. The van der Waals surface area contributed by atoms with Crippen LogP contribution in [0.4, 0.5) is 5.69 Å². The number of anilines is 1. The van der Waals surface area contributed by atoms with E-state index in [0.29, 0.717) is 6.42 Å². The third kappa shape index (κ3) is 5.62. The van der Waals surface area contributed by atoms with Crippen molar-refractivity contribution in [2.45, 2.75) is 19.9 Å². The zero-order valence-electron chi connectivity index (χ0n) is 12.8. The molecular weight excluding hydrogens is 340 g/mol. The minimum atomic E-state index is 0.0498. The van der Waals surface area contributed by atoms with Crippen molar-refractivity contribution in [1.29, 1.82) is 0 Å². The number of hydrogen-bond acceptors (Lipinski definition) is 2. The van der Waals surface area contributed by atoms with E-state index >= 15 is 0 Å². The predicted octanol–water partition coefficient (Wildman–Crippen LogP) is 4.30. The first-order chi connectivity index (χ1) is 10.7. The summed E-state index contributed by atoms with van der Waals surface area (Å²) in [5, 5.41) is 2.93. The molecule has 0 aliphatic rings. The molecule has 0 unspecified atom stereocenters. The fourth-order valence-electron chi connectivity index (χ4n) is 2.21. The maximum Gasteiger partial charge on any atom is 0.225 e. The SMILES string of the molecule is CCN(CCC(=O)Nc1ccc(Br)cc1)Cc1ccccc1. The van der Waals surface area contributed by atoms with Gasteiger partial charge in [-0.2, -0.15) is 0 Å². The monoisotopic (exact) mass is 360 g/mol. The van der Waals surface area contributed by atoms with Gasteiger partial charge in [0, 0.05) is 29.7 Å². The van der Waals surface area contributed by atoms with Gasteiger partial charge in [0.05, 0.1) is 0 Å². The quantitative estimate of drug-likeness (QED) is 0.798. The molecule has 2 aromatic carbocycles. The molecule has 2 rings (SSSR count). The standard InChI is InChI=1S/C18H21BrN2O/c1-2-21(14-15-6-4-3-5-7-15)13-12-18(22)20-17-10-8-16(19)9-11-17/h3-11H,2,12-14H2,1H3,(H,20,22). The fourth-order valence-corrected chi connectivity index (χ4v) is 2.47. The maximum atomic E-state index is 12.0. The van der Waals surface area contributed by atoms with Crippen LogP contribution in [0.25, 0.3) is 0 Å². The Morgan fingerprint density at radius 1 is 1.09 bits per heavy atom. The molecule has 0 saturated carbocycles. The summed E-state index contributed by atoms with van der Waals surface area (Å²) in [6, 6.07) is 18.0. The number of rotatable bonds is 7. The lowest BCUT2D eigenvalue weighted by atomic mass is 10.2. The Hall–Kier alpha value is -1.65. The first-order valence-electron chi connectivity index (χ1n) is 7.49. The Morgan fingerprint density at radius 3 is 2.41 bits per heavy atom. The fraction of sp³-hybridized carbons (Fsp3) is 0.278. The highest BCUT2D eigenvalue weighted by molar-refractivity contribution is 9.10. The van der Waals surface area contributed by atoms with Crippen LogP contribution in [0.5, 0.6) is 0 Å². The van der Waals surface area contributed by atoms with Crippen LogP contribution in [0.3, 0.4) is 0 Å². The zero-order chi connectivity index (χ0) is 15.8. The molecule has 1 N–H and O–H groups in total. The molecule has 0 heterocycles. The first-order valence-corrected chi connectivity index (χ1v) is 8.28. The summed E-state index contributed by atoms with van der Waals surface area (Å²) in [4.78, 5) is 14.3. The van der Waals surface area contributed by atoms with Crippen molar-refractivity contribution < 1.29 is 4.79 Å². The van der Waals surface area contributed by atoms with Crippen LogP contribution >= 0.6 is 15.9 Å². The molecule has 4 heteroatoms. The van der Waals surface area contributed by atoms with E-state index in [4.69, 9.17) is 0 Å². The van der Waals surface area contributed by atoms with Gasteiger partial charge in [-0.25, -0.2) is 0 Å². The van der Waals surface area contributed by atoms with Gasteiger partial charge in [0.1, 0.15) is 0 Å². The summed E-state index contributed by atoms with van der Waals surface area (Å²) in [6.45, 7) is 4.69. The molecule has 1 amide bonds. The Morgan fingerprint density at radius 2 is 1.77 bits per heavy atom. The van der Waals surface area contributed by atoms with Crippen LogP contribution in [-0.4, -0.2) is 23.9 Å². The molecule has 3 nitrogen and oxygen atoms in total. The van der Waals surface area contributed by atoms with Crippen LogP contribution in [0, 0.1) is 0 Å². The molecule has 0 spiro atoms. The lowest BCUT2D eigenvalue weighted by Gasteiger charge is -2.20. The molecule has 0 aromatic heterocycles. The molecule has 2 aromatic rings. The number of hydrogen-bond donors (Lipinski definition) is 1. The van der Waals surface area contributed by atoms with Gasteiger partial charge in [-0.05, 0) is 36.4 Å². The topological polar surface area (TPSA) is 32.3 Å². The highest BCUT2D eigenvalue weighted by Gasteiger charge is 2.08. The third-order valence-corrected chi connectivity index (χ3v) is 4.01. The summed E-state index contributed by atoms with van der Waals surface area (Å²) in [7, 11) is 0. The number of carbonyl (C=O) groups excluding carboxylic acids is 1. The van der Waals surface area contributed by atoms with Crippen LogP contribution in [0.2, 0.25) is 0 Å². The first kappa shape index (κ1) is 16.7. The van der Waals surface area contributed by atoms with Gasteiger partial charge < -0.3 is 5.32 Å². The molecule has 0 radical (unpaired) electrons. The molecule has 22 heavy (non-hydrogen) atoms. The van der Waals surface area contributed by atoms with E-state index < -0.39 is 0 Å². The Balaban J connectivity index is 1.79. The molecule has 0 bridgehead atoms. The van der Waals surface area contributed by atoms with E-state index in [2.05, 4.69) is 45.2 Å². The highest BCUT2D eigenvalue weighted by Crippen LogP contribution is 2.14. The van der Waals surface area contributed by atoms with Crippen LogP contribution in [0.1, 0.15) is 18.9 Å². The average molecular weight is 361 g/mol. The summed E-state index contributed by atoms with van der Waals surface area (Å²) in [5.41, 5.74) is 2.11. The number of halogens is 1. The number of benzene rings is 2. The van der Waals surface area contributed by atoms with E-state index in [9.17, 15) is 4.79 Å². The molecule has 0 fully saturated rings. The summed E-state index contributed by atoms with van der Waals surface area (Å²) in [6.07, 6.45) is 0.497. The van der Waals surface area contributed by atoms with E-state index in [1.165, 1.54) is 5.56 Å². The zero-order valence-corrected chi connectivity index (χ0v) is 14.3. The molecule has 0 atom stereocenters. The Kier molecular flexibility index (Phi) is 6.62. The molecule has 0 aliphatic carbocycles. The van der Waals surface area contributed by atoms with Crippen LogP contribution in [0.15, 0.2) is 59.1 Å². The van der Waals surface area contributed by atoms with Gasteiger partial charge in [-0.3, -0.25) is 9.69 Å². The van der Waals surface area contributed by atoms with Crippen molar-refractivity contribution in [3.63, 3.8) is 0 Å². The van der Waals surface area contributed by atoms with Crippen LogP contribution in [-0.2, 0) is 11.3 Å². The van der Waals surface area contributed by atoms with E-state index in [1.54, 1.807) is 0 Å². The molecular formula is C18H21BrN2O. The molecule has 116 valence electrons. The molecule has 0 aliphatic heterocycles. The lowest BCUT2D eigenvalue weighted by Crippen LogP contribution is -2.27. The van der Waals surface area contributed by atoms with Crippen molar-refractivity contribution in [2.24, 2.45) is 0 Å². The average Bonchev–Trinajstić information content (AvgIpc) is 2.54. The van der Waals surface area contributed by atoms with Crippen molar-refractivity contribution >= 4 is 27.5 Å². The van der Waals surface area contributed by atoms with Crippen molar-refractivity contribution in [3.05, 3.63) is 64.6 Å². The van der Waals surface area contributed by atoms with Crippen molar-refractivity contribution in [1.82, 2.24) is 4.90 Å². The smallest absolute Gasteiger partial charge is 0.225 e. The second kappa shape index (κ2) is 8.71. The Bertz CT molecular complexity index is 584. The minimum Gasteiger partial charge on any atom is -0.326 e. The summed E-state index contributed by atoms with van der Waals surface area (Å²) < 4.78 is 1.01. The van der Waals surface area contributed by atoms with E-state index in [1.807, 2.05) is 42.5 Å². The Labute approximate surface area is 140 Å². The van der Waals surface area contributed by atoms with Gasteiger partial charge >= 0.3 is 0 Å². The number of nitrogens with one attached hydrogen (secondary N) is 1. The van der Waals surface area contributed by atoms with Crippen molar-refractivity contribution in [2.75, 3.05) is 18.4 Å². The maximum absolute atomic E-state index is 12.0. The van der Waals surface area contributed by atoms with Gasteiger partial charge in [0.15, 0.2) is 0 Å². The number of amides is 1. The molecule has 0 saturated heterocycles. The third-order valence-electron chi connectivity index (χ3n) is 3.48. The second-order valence-electron chi connectivity index (χ2n) is 5.16. The largest absolute Gasteiger partial charge is 0.326 e. The summed E-state index contributed by atoms with van der Waals surface area (Å²) >= 11 is 3.38. The lowest BCUT2D eigenvalue weighted by molar-refractivity contribution is -0.116. The van der Waals surface area contributed by atoms with Gasteiger partial charge in [-0.15, -0.1) is 0 Å².